The molecule has 1 unspecified atom stereocenters. The number of primary amides is 1. The van der Waals surface area contributed by atoms with E-state index < -0.39 is 64.6 Å². The lowest BCUT2D eigenvalue weighted by Crippen LogP contribution is -2.64. The van der Waals surface area contributed by atoms with Gasteiger partial charge in [-0.2, -0.15) is 0 Å². The summed E-state index contributed by atoms with van der Waals surface area (Å²) in [6.07, 6.45) is 8.30. The minimum atomic E-state index is -1.25. The Morgan fingerprint density at radius 3 is 2.32 bits per heavy atom. The number of esters is 1. The topological polar surface area (TPSA) is 190 Å². The summed E-state index contributed by atoms with van der Waals surface area (Å²) < 4.78 is 10.6. The van der Waals surface area contributed by atoms with Crippen molar-refractivity contribution in [3.63, 3.8) is 0 Å². The zero-order valence-electron chi connectivity index (χ0n) is 28.1. The number of ether oxygens (including phenoxy) is 1. The Morgan fingerprint density at radius 1 is 1.06 bits per heavy atom. The lowest BCUT2D eigenvalue weighted by atomic mass is 9.81. The number of hydrogen-bond donors (Lipinski definition) is 4. The molecule has 5 amide bonds. The summed E-state index contributed by atoms with van der Waals surface area (Å²) in [4.78, 5) is 81.1. The average molecular weight is 656 g/mol. The fourth-order valence-corrected chi connectivity index (χ4v) is 7.56. The van der Waals surface area contributed by atoms with Crippen LogP contribution in [0.15, 0.2) is 23.0 Å². The number of Topliss-reactive ketones (excluding diaryl/α,β-unsaturated/α-hetero) is 1. The van der Waals surface area contributed by atoms with Crippen molar-refractivity contribution in [1.82, 2.24) is 20.9 Å². The molecule has 13 nitrogen and oxygen atoms in total. The van der Waals surface area contributed by atoms with Gasteiger partial charge >= 0.3 is 12.0 Å². The monoisotopic (exact) mass is 655 g/mol. The highest BCUT2D eigenvalue weighted by Crippen LogP contribution is 2.65. The summed E-state index contributed by atoms with van der Waals surface area (Å²) in [5.41, 5.74) is 3.77. The fourth-order valence-electron chi connectivity index (χ4n) is 7.56. The van der Waals surface area contributed by atoms with Crippen LogP contribution in [0.3, 0.4) is 0 Å². The first-order valence-corrected chi connectivity index (χ1v) is 16.8. The van der Waals surface area contributed by atoms with Crippen molar-refractivity contribution < 1.29 is 37.9 Å². The minimum absolute atomic E-state index is 0.00707. The van der Waals surface area contributed by atoms with Crippen molar-refractivity contribution in [2.24, 2.45) is 34.3 Å². The Morgan fingerprint density at radius 2 is 1.74 bits per heavy atom. The molecule has 5 atom stereocenters. The third kappa shape index (κ3) is 7.33. The van der Waals surface area contributed by atoms with Crippen LogP contribution >= 0.6 is 0 Å². The number of nitrogens with one attached hydrogen (secondary N) is 3. The summed E-state index contributed by atoms with van der Waals surface area (Å²) in [6, 6.07) is -1.96. The van der Waals surface area contributed by atoms with E-state index in [0.717, 1.165) is 32.1 Å². The average Bonchev–Trinajstić information content (AvgIpc) is 3.71. The lowest BCUT2D eigenvalue weighted by Gasteiger charge is -2.39. The minimum Gasteiger partial charge on any atom is -0.472 e. The highest BCUT2D eigenvalue weighted by molar-refractivity contribution is 6.37. The van der Waals surface area contributed by atoms with Gasteiger partial charge in [0.2, 0.25) is 17.6 Å². The Hall–Kier alpha value is -3.90. The maximum absolute atomic E-state index is 14.3. The molecule has 5 rings (SSSR count). The number of urea groups is 1. The SMILES string of the molecule is CC(C)(C)[C@H](NC(=O)NC1(C(=O)OCc2ccoc2)CCCCC1)C(=O)N1C[C@H]2[C@@H]([C@H]1C(=O)NC(CC1CC1)C(=O)C(N)=O)C2(C)C. The number of furan rings is 1. The van der Waals surface area contributed by atoms with Gasteiger partial charge in [-0.3, -0.25) is 19.2 Å². The Bertz CT molecular complexity index is 1390. The molecule has 47 heavy (non-hydrogen) atoms. The summed E-state index contributed by atoms with van der Waals surface area (Å²) in [6.45, 7) is 9.86. The normalized spacial score (nSPS) is 25.5. The molecule has 0 spiro atoms. The van der Waals surface area contributed by atoms with E-state index in [-0.39, 0.29) is 29.8 Å². The number of hydrogen-bond acceptors (Lipinski definition) is 8. The second-order valence-corrected chi connectivity index (χ2v) is 15.6. The third-order valence-electron chi connectivity index (χ3n) is 10.7. The first-order valence-electron chi connectivity index (χ1n) is 16.8. The van der Waals surface area contributed by atoms with E-state index in [1.807, 2.05) is 34.6 Å². The van der Waals surface area contributed by atoms with E-state index in [9.17, 15) is 28.8 Å². The van der Waals surface area contributed by atoms with Crippen LogP contribution in [0, 0.1) is 28.6 Å². The second kappa shape index (κ2) is 13.0. The van der Waals surface area contributed by atoms with E-state index >= 15 is 0 Å². The van der Waals surface area contributed by atoms with E-state index in [4.69, 9.17) is 14.9 Å². The molecule has 1 aromatic rings. The molecule has 0 aromatic carbocycles. The van der Waals surface area contributed by atoms with Gasteiger partial charge in [0.25, 0.3) is 5.91 Å². The number of carbonyl (C=O) groups excluding carboxylic acids is 6. The summed E-state index contributed by atoms with van der Waals surface area (Å²) >= 11 is 0. The highest BCUT2D eigenvalue weighted by atomic mass is 16.5. The van der Waals surface area contributed by atoms with Gasteiger partial charge in [0.15, 0.2) is 0 Å². The number of likely N-dealkylation sites (tertiary alicyclic amines) is 1. The van der Waals surface area contributed by atoms with Crippen molar-refractivity contribution >= 4 is 35.5 Å². The molecule has 3 aliphatic carbocycles. The van der Waals surface area contributed by atoms with Crippen molar-refractivity contribution in [2.75, 3.05) is 6.54 Å². The quantitative estimate of drug-likeness (QED) is 0.195. The molecule has 1 aliphatic heterocycles. The van der Waals surface area contributed by atoms with Gasteiger partial charge in [-0.15, -0.1) is 0 Å². The molecular formula is C34H49N5O8. The van der Waals surface area contributed by atoms with Gasteiger partial charge in [0.1, 0.15) is 24.2 Å². The molecule has 13 heteroatoms. The smallest absolute Gasteiger partial charge is 0.332 e. The third-order valence-corrected chi connectivity index (χ3v) is 10.7. The molecule has 258 valence electrons. The zero-order valence-corrected chi connectivity index (χ0v) is 28.1. The Labute approximate surface area is 275 Å². The molecule has 0 bridgehead atoms. The van der Waals surface area contributed by atoms with Crippen molar-refractivity contribution in [1.29, 1.82) is 0 Å². The van der Waals surface area contributed by atoms with Crippen LogP contribution in [0.1, 0.15) is 91.5 Å². The maximum Gasteiger partial charge on any atom is 0.332 e. The lowest BCUT2D eigenvalue weighted by molar-refractivity contribution is -0.154. The molecule has 0 radical (unpaired) electrons. The van der Waals surface area contributed by atoms with Gasteiger partial charge in [-0.05, 0) is 53.9 Å². The second-order valence-electron chi connectivity index (χ2n) is 15.6. The van der Waals surface area contributed by atoms with Gasteiger partial charge in [0, 0.05) is 12.1 Å². The standard InChI is InChI=1S/C34H49N5O8/c1-32(2,3)26(37-31(45)38-34(12-7-6-8-13-34)30(44)47-18-20-11-14-46-17-20)29(43)39-16-21-23(33(21,4)5)24(39)28(42)36-22(15-19-9-10-19)25(40)27(35)41/h11,14,17,19,21-24,26H,6-10,12-13,15-16,18H2,1-5H3,(H2,35,41)(H,36,42)(H2,37,38,45)/t21-,22?,23-,24-,26+/m0/s1. The van der Waals surface area contributed by atoms with E-state index in [1.54, 1.807) is 6.07 Å². The van der Waals surface area contributed by atoms with Crippen molar-refractivity contribution in [3.05, 3.63) is 24.2 Å². The fraction of sp³-hybridized carbons (Fsp3) is 0.706. The summed E-state index contributed by atoms with van der Waals surface area (Å²) in [5, 5.41) is 8.47. The van der Waals surface area contributed by atoms with Crippen LogP contribution in [0.5, 0.6) is 0 Å². The van der Waals surface area contributed by atoms with Gasteiger partial charge in [-0.1, -0.05) is 66.7 Å². The van der Waals surface area contributed by atoms with Crippen molar-refractivity contribution in [2.45, 2.75) is 116 Å². The molecule has 1 aromatic heterocycles. The maximum atomic E-state index is 14.3. The first-order chi connectivity index (χ1) is 22.0. The van der Waals surface area contributed by atoms with E-state index in [0.29, 0.717) is 31.4 Å². The van der Waals surface area contributed by atoms with Crippen molar-refractivity contribution in [3.8, 4) is 0 Å². The highest BCUT2D eigenvalue weighted by Gasteiger charge is 2.70. The van der Waals surface area contributed by atoms with Crippen LogP contribution in [0.2, 0.25) is 0 Å². The number of piperidine rings is 1. The van der Waals surface area contributed by atoms with E-state index in [1.165, 1.54) is 17.4 Å². The van der Waals surface area contributed by atoms with Gasteiger partial charge in [0.05, 0.1) is 18.6 Å². The Balaban J connectivity index is 1.32. The van der Waals surface area contributed by atoms with Gasteiger partial charge in [-0.25, -0.2) is 9.59 Å². The van der Waals surface area contributed by atoms with Crippen LogP contribution in [-0.4, -0.2) is 70.6 Å². The van der Waals surface area contributed by atoms with Crippen LogP contribution in [-0.2, 0) is 35.3 Å². The number of rotatable bonds is 12. The molecule has 5 N–H and O–H groups in total. The molecular weight excluding hydrogens is 606 g/mol. The number of nitrogens with zero attached hydrogens (tertiary/aromatic N) is 1. The molecule has 3 saturated carbocycles. The number of ketones is 1. The van der Waals surface area contributed by atoms with Crippen LogP contribution in [0.25, 0.3) is 0 Å². The molecule has 1 saturated heterocycles. The molecule has 4 fully saturated rings. The Kier molecular flexibility index (Phi) is 9.49. The van der Waals surface area contributed by atoms with Crippen LogP contribution < -0.4 is 21.7 Å². The summed E-state index contributed by atoms with van der Waals surface area (Å²) in [5.74, 6) is -3.30. The summed E-state index contributed by atoms with van der Waals surface area (Å²) in [7, 11) is 0. The largest absolute Gasteiger partial charge is 0.472 e. The predicted octanol–water partition coefficient (Wildman–Crippen LogP) is 2.56. The zero-order chi connectivity index (χ0) is 34.3. The van der Waals surface area contributed by atoms with E-state index in [2.05, 4.69) is 16.0 Å². The molecule has 4 aliphatic rings. The number of nitrogens with two attached hydrogens (primary N) is 1. The number of amides is 5. The number of fused-ring (bicyclic) bond motifs is 1. The predicted molar refractivity (Wildman–Crippen MR) is 169 cm³/mol. The van der Waals surface area contributed by atoms with Crippen LogP contribution in [0.4, 0.5) is 4.79 Å². The molecule has 2 heterocycles. The van der Waals surface area contributed by atoms with Gasteiger partial charge < -0.3 is 35.7 Å². The number of carbonyl (C=O) groups is 6. The first kappa shape index (κ1) is 34.4.